The largest absolute Gasteiger partial charge is 0.416 e. The number of nitrogens with two attached hydrogens (primary N) is 1. The summed E-state index contributed by atoms with van der Waals surface area (Å²) in [5, 5.41) is 15.8. The molecule has 5 nitrogen and oxygen atoms in total. The first kappa shape index (κ1) is 11.9. The standard InChI is InChI=1S/C10H9ClN4OS/c1-5-14-15-10(16-5)17-6-2-3-7(9(12)13)8(11)4-6/h2-4H,1H3,(H3,12,13). The number of nitrogens with one attached hydrogen (secondary N) is 1. The first-order valence-corrected chi connectivity index (χ1v) is 5.87. The van der Waals surface area contributed by atoms with Crippen LogP contribution in [-0.2, 0) is 0 Å². The molecule has 0 bridgehead atoms. The summed E-state index contributed by atoms with van der Waals surface area (Å²) >= 11 is 7.30. The van der Waals surface area contributed by atoms with E-state index in [0.717, 1.165) is 4.90 Å². The smallest absolute Gasteiger partial charge is 0.281 e. The van der Waals surface area contributed by atoms with Crippen molar-refractivity contribution >= 4 is 29.2 Å². The Morgan fingerprint density at radius 3 is 2.76 bits per heavy atom. The molecule has 2 rings (SSSR count). The molecular formula is C10H9ClN4OS. The molecular weight excluding hydrogens is 260 g/mol. The van der Waals surface area contributed by atoms with E-state index in [9.17, 15) is 0 Å². The van der Waals surface area contributed by atoms with E-state index in [1.54, 1.807) is 25.1 Å². The second-order valence-electron chi connectivity index (χ2n) is 3.24. The van der Waals surface area contributed by atoms with E-state index in [2.05, 4.69) is 10.2 Å². The number of hydrogen-bond acceptors (Lipinski definition) is 5. The molecule has 0 radical (unpaired) electrons. The molecule has 0 unspecified atom stereocenters. The van der Waals surface area contributed by atoms with Gasteiger partial charge in [0.05, 0.1) is 5.02 Å². The summed E-state index contributed by atoms with van der Waals surface area (Å²) in [5.74, 6) is 0.458. The number of nitrogen functional groups attached to an aromatic ring is 1. The average Bonchev–Trinajstić information content (AvgIpc) is 2.63. The van der Waals surface area contributed by atoms with Crippen molar-refractivity contribution < 1.29 is 4.42 Å². The van der Waals surface area contributed by atoms with Gasteiger partial charge in [-0.05, 0) is 30.0 Å². The Hall–Kier alpha value is -1.53. The highest BCUT2D eigenvalue weighted by Gasteiger charge is 2.08. The van der Waals surface area contributed by atoms with Crippen LogP contribution < -0.4 is 5.73 Å². The number of halogens is 1. The average molecular weight is 269 g/mol. The summed E-state index contributed by atoms with van der Waals surface area (Å²) < 4.78 is 5.24. The summed E-state index contributed by atoms with van der Waals surface area (Å²) in [6.07, 6.45) is 0. The van der Waals surface area contributed by atoms with Crippen LogP contribution in [0, 0.1) is 12.3 Å². The molecule has 0 saturated carbocycles. The number of rotatable bonds is 3. The van der Waals surface area contributed by atoms with Gasteiger partial charge in [-0.15, -0.1) is 10.2 Å². The van der Waals surface area contributed by atoms with Crippen LogP contribution in [0.15, 0.2) is 32.7 Å². The highest BCUT2D eigenvalue weighted by Crippen LogP contribution is 2.29. The molecule has 17 heavy (non-hydrogen) atoms. The van der Waals surface area contributed by atoms with E-state index >= 15 is 0 Å². The van der Waals surface area contributed by atoms with E-state index in [0.29, 0.717) is 21.7 Å². The van der Waals surface area contributed by atoms with Crippen molar-refractivity contribution in [2.24, 2.45) is 5.73 Å². The topological polar surface area (TPSA) is 88.8 Å². The van der Waals surface area contributed by atoms with Crippen LogP contribution in [0.3, 0.4) is 0 Å². The fraction of sp³-hybridized carbons (Fsp3) is 0.100. The summed E-state index contributed by atoms with van der Waals surface area (Å²) in [4.78, 5) is 0.851. The molecule has 1 heterocycles. The van der Waals surface area contributed by atoms with Crippen LogP contribution in [0.1, 0.15) is 11.5 Å². The summed E-state index contributed by atoms with van der Waals surface area (Å²) in [5.41, 5.74) is 5.88. The molecule has 0 atom stereocenters. The van der Waals surface area contributed by atoms with E-state index in [4.69, 9.17) is 27.2 Å². The lowest BCUT2D eigenvalue weighted by atomic mass is 10.2. The number of nitrogens with zero attached hydrogens (tertiary/aromatic N) is 2. The van der Waals surface area contributed by atoms with Crippen molar-refractivity contribution in [2.45, 2.75) is 17.0 Å². The Kier molecular flexibility index (Phi) is 3.35. The van der Waals surface area contributed by atoms with Gasteiger partial charge < -0.3 is 10.2 Å². The minimum Gasteiger partial charge on any atom is -0.416 e. The van der Waals surface area contributed by atoms with Crippen molar-refractivity contribution in [3.05, 3.63) is 34.7 Å². The minimum atomic E-state index is -0.0554. The van der Waals surface area contributed by atoms with Gasteiger partial charge in [0.15, 0.2) is 0 Å². The van der Waals surface area contributed by atoms with Crippen LogP contribution in [0.5, 0.6) is 0 Å². The minimum absolute atomic E-state index is 0.0554. The summed E-state index contributed by atoms with van der Waals surface area (Å²) in [6.45, 7) is 1.73. The van der Waals surface area contributed by atoms with Crippen LogP contribution in [0.25, 0.3) is 0 Å². The molecule has 0 spiro atoms. The van der Waals surface area contributed by atoms with Gasteiger partial charge >= 0.3 is 0 Å². The highest BCUT2D eigenvalue weighted by molar-refractivity contribution is 7.99. The lowest BCUT2D eigenvalue weighted by molar-refractivity contribution is 0.429. The number of hydrogen-bond donors (Lipinski definition) is 2. The molecule has 88 valence electrons. The Bertz CT molecular complexity index is 569. The van der Waals surface area contributed by atoms with Crippen molar-refractivity contribution in [2.75, 3.05) is 0 Å². The van der Waals surface area contributed by atoms with Crippen molar-refractivity contribution in [3.8, 4) is 0 Å². The zero-order chi connectivity index (χ0) is 12.4. The first-order chi connectivity index (χ1) is 8.06. The number of amidine groups is 1. The second kappa shape index (κ2) is 4.77. The Labute approximate surface area is 107 Å². The van der Waals surface area contributed by atoms with Gasteiger partial charge in [0.25, 0.3) is 5.22 Å². The lowest BCUT2D eigenvalue weighted by Gasteiger charge is -2.03. The maximum Gasteiger partial charge on any atom is 0.281 e. The molecule has 0 aliphatic heterocycles. The molecule has 7 heteroatoms. The van der Waals surface area contributed by atoms with E-state index < -0.39 is 0 Å². The fourth-order valence-electron chi connectivity index (χ4n) is 1.20. The molecule has 1 aromatic carbocycles. The van der Waals surface area contributed by atoms with E-state index in [1.807, 2.05) is 0 Å². The monoisotopic (exact) mass is 268 g/mol. The molecule has 0 saturated heterocycles. The van der Waals surface area contributed by atoms with Gasteiger partial charge in [-0.1, -0.05) is 11.6 Å². The highest BCUT2D eigenvalue weighted by atomic mass is 35.5. The SMILES string of the molecule is Cc1nnc(Sc2ccc(C(=N)N)c(Cl)c2)o1. The maximum atomic E-state index is 7.32. The quantitative estimate of drug-likeness (QED) is 0.659. The third-order valence-corrected chi connectivity index (χ3v) is 3.09. The lowest BCUT2D eigenvalue weighted by Crippen LogP contribution is -2.11. The second-order valence-corrected chi connectivity index (χ2v) is 4.68. The van der Waals surface area contributed by atoms with Crippen LogP contribution in [0.2, 0.25) is 5.02 Å². The first-order valence-electron chi connectivity index (χ1n) is 4.68. The Balaban J connectivity index is 2.23. The van der Waals surface area contributed by atoms with Gasteiger partial charge in [-0.2, -0.15) is 0 Å². The Morgan fingerprint density at radius 2 is 2.24 bits per heavy atom. The van der Waals surface area contributed by atoms with Crippen molar-refractivity contribution in [1.29, 1.82) is 5.41 Å². The van der Waals surface area contributed by atoms with Crippen molar-refractivity contribution in [3.63, 3.8) is 0 Å². The molecule has 0 fully saturated rings. The molecule has 3 N–H and O–H groups in total. The van der Waals surface area contributed by atoms with E-state index in [1.165, 1.54) is 11.8 Å². The summed E-state index contributed by atoms with van der Waals surface area (Å²) in [6, 6.07) is 5.20. The molecule has 0 aliphatic rings. The molecule has 0 amide bonds. The summed E-state index contributed by atoms with van der Waals surface area (Å²) in [7, 11) is 0. The van der Waals surface area contributed by atoms with Crippen molar-refractivity contribution in [1.82, 2.24) is 10.2 Å². The van der Waals surface area contributed by atoms with Gasteiger partial charge in [0, 0.05) is 17.4 Å². The normalized spacial score (nSPS) is 10.5. The maximum absolute atomic E-state index is 7.32. The predicted molar refractivity (Wildman–Crippen MR) is 65.6 cm³/mol. The molecule has 2 aromatic rings. The zero-order valence-electron chi connectivity index (χ0n) is 8.90. The third kappa shape index (κ3) is 2.78. The predicted octanol–water partition coefficient (Wildman–Crippen LogP) is 2.47. The van der Waals surface area contributed by atoms with Crippen LogP contribution in [-0.4, -0.2) is 16.0 Å². The Morgan fingerprint density at radius 1 is 1.47 bits per heavy atom. The van der Waals surface area contributed by atoms with Gasteiger partial charge in [0.1, 0.15) is 5.84 Å². The third-order valence-electron chi connectivity index (χ3n) is 1.94. The molecule has 0 aliphatic carbocycles. The van der Waals surface area contributed by atoms with Crippen LogP contribution in [0.4, 0.5) is 0 Å². The van der Waals surface area contributed by atoms with Crippen LogP contribution >= 0.6 is 23.4 Å². The number of aryl methyl sites for hydroxylation is 1. The number of aromatic nitrogens is 2. The van der Waals surface area contributed by atoms with Gasteiger partial charge in [0.2, 0.25) is 5.89 Å². The number of benzene rings is 1. The van der Waals surface area contributed by atoms with E-state index in [-0.39, 0.29) is 5.84 Å². The fourth-order valence-corrected chi connectivity index (χ4v) is 2.30. The zero-order valence-corrected chi connectivity index (χ0v) is 10.5. The molecule has 1 aromatic heterocycles. The van der Waals surface area contributed by atoms with Gasteiger partial charge in [-0.3, -0.25) is 5.41 Å². The van der Waals surface area contributed by atoms with Gasteiger partial charge in [-0.25, -0.2) is 0 Å².